The summed E-state index contributed by atoms with van der Waals surface area (Å²) in [7, 11) is 3.13. The first kappa shape index (κ1) is 15.1. The first-order valence-electron chi connectivity index (χ1n) is 5.78. The number of methoxy groups -OCH3 is 2. The van der Waals surface area contributed by atoms with Crippen LogP contribution in [-0.4, -0.2) is 20.0 Å². The molecule has 0 saturated heterocycles. The molecule has 2 aromatic carbocycles. The highest BCUT2D eigenvalue weighted by Crippen LogP contribution is 2.29. The summed E-state index contributed by atoms with van der Waals surface area (Å²) in [6.45, 7) is 0. The van der Waals surface area contributed by atoms with Crippen molar-refractivity contribution in [3.05, 3.63) is 56.5 Å². The van der Waals surface area contributed by atoms with Crippen LogP contribution in [0.5, 0.6) is 11.5 Å². The zero-order chi connectivity index (χ0) is 14.7. The van der Waals surface area contributed by atoms with Crippen LogP contribution in [0.1, 0.15) is 15.9 Å². The third-order valence-corrected chi connectivity index (χ3v) is 4.14. The summed E-state index contributed by atoms with van der Waals surface area (Å²) >= 11 is 6.73. The molecule has 0 aliphatic heterocycles. The van der Waals surface area contributed by atoms with Crippen LogP contribution in [0.2, 0.25) is 0 Å². The Balaban J connectivity index is 2.41. The first-order chi connectivity index (χ1) is 9.56. The van der Waals surface area contributed by atoms with E-state index in [9.17, 15) is 4.79 Å². The maximum Gasteiger partial charge on any atom is 0.193 e. The molecule has 0 atom stereocenters. The second kappa shape index (κ2) is 6.41. The van der Waals surface area contributed by atoms with Crippen LogP contribution in [0.4, 0.5) is 0 Å². The summed E-state index contributed by atoms with van der Waals surface area (Å²) in [5.41, 5.74) is 1.13. The van der Waals surface area contributed by atoms with Crippen LogP contribution in [0.3, 0.4) is 0 Å². The van der Waals surface area contributed by atoms with Crippen LogP contribution in [-0.2, 0) is 0 Å². The van der Waals surface area contributed by atoms with E-state index < -0.39 is 0 Å². The predicted octanol–water partition coefficient (Wildman–Crippen LogP) is 4.46. The molecule has 5 heteroatoms. The Labute approximate surface area is 134 Å². The topological polar surface area (TPSA) is 35.5 Å². The molecule has 0 unspecified atom stereocenters. The van der Waals surface area contributed by atoms with Gasteiger partial charge >= 0.3 is 0 Å². The van der Waals surface area contributed by atoms with E-state index in [0.717, 1.165) is 8.95 Å². The summed E-state index contributed by atoms with van der Waals surface area (Å²) in [4.78, 5) is 12.5. The Morgan fingerprint density at radius 2 is 1.25 bits per heavy atom. The fourth-order valence-electron chi connectivity index (χ4n) is 1.77. The lowest BCUT2D eigenvalue weighted by atomic mass is 10.0. The van der Waals surface area contributed by atoms with Crippen molar-refractivity contribution in [2.24, 2.45) is 0 Å². The van der Waals surface area contributed by atoms with E-state index in [2.05, 4.69) is 31.9 Å². The van der Waals surface area contributed by atoms with Crippen LogP contribution >= 0.6 is 31.9 Å². The Hall–Kier alpha value is -1.33. The average molecular weight is 400 g/mol. The van der Waals surface area contributed by atoms with E-state index in [1.165, 1.54) is 0 Å². The van der Waals surface area contributed by atoms with Crippen molar-refractivity contribution in [2.45, 2.75) is 0 Å². The van der Waals surface area contributed by atoms with Gasteiger partial charge < -0.3 is 9.47 Å². The molecule has 0 bridgehead atoms. The van der Waals surface area contributed by atoms with Crippen LogP contribution in [0, 0.1) is 0 Å². The minimum absolute atomic E-state index is 0.0819. The van der Waals surface area contributed by atoms with Crippen LogP contribution < -0.4 is 9.47 Å². The third-order valence-electron chi connectivity index (χ3n) is 2.83. The molecule has 104 valence electrons. The van der Waals surface area contributed by atoms with Gasteiger partial charge in [0.2, 0.25) is 0 Å². The van der Waals surface area contributed by atoms with Gasteiger partial charge in [-0.25, -0.2) is 0 Å². The number of hydrogen-bond acceptors (Lipinski definition) is 3. The van der Waals surface area contributed by atoms with Gasteiger partial charge in [-0.3, -0.25) is 4.79 Å². The maximum absolute atomic E-state index is 12.5. The molecule has 3 nitrogen and oxygen atoms in total. The molecule has 0 spiro atoms. The van der Waals surface area contributed by atoms with Gasteiger partial charge in [-0.15, -0.1) is 0 Å². The summed E-state index contributed by atoms with van der Waals surface area (Å²) in [6.07, 6.45) is 0. The average Bonchev–Trinajstić information content (AvgIpc) is 2.47. The van der Waals surface area contributed by atoms with E-state index in [1.54, 1.807) is 50.6 Å². The minimum Gasteiger partial charge on any atom is -0.496 e. The molecule has 0 aromatic heterocycles. The van der Waals surface area contributed by atoms with E-state index in [1.807, 2.05) is 0 Å². The lowest BCUT2D eigenvalue weighted by Gasteiger charge is -2.08. The second-order valence-corrected chi connectivity index (χ2v) is 5.74. The number of ether oxygens (including phenoxy) is 2. The third kappa shape index (κ3) is 3.04. The molecule has 0 aliphatic carbocycles. The lowest BCUT2D eigenvalue weighted by Crippen LogP contribution is -2.02. The van der Waals surface area contributed by atoms with E-state index in [4.69, 9.17) is 9.47 Å². The quantitative estimate of drug-likeness (QED) is 0.712. The molecule has 0 amide bonds. The van der Waals surface area contributed by atoms with Gasteiger partial charge in [0.15, 0.2) is 5.78 Å². The van der Waals surface area contributed by atoms with Crippen molar-refractivity contribution < 1.29 is 14.3 Å². The van der Waals surface area contributed by atoms with E-state index >= 15 is 0 Å². The number of halogens is 2. The summed E-state index contributed by atoms with van der Waals surface area (Å²) in [5.74, 6) is 1.17. The Kier molecular flexibility index (Phi) is 4.83. The fraction of sp³-hybridized carbons (Fsp3) is 0.133. The lowest BCUT2D eigenvalue weighted by molar-refractivity contribution is 0.103. The van der Waals surface area contributed by atoms with Crippen molar-refractivity contribution in [3.8, 4) is 11.5 Å². The zero-order valence-corrected chi connectivity index (χ0v) is 14.1. The van der Waals surface area contributed by atoms with Crippen molar-refractivity contribution >= 4 is 37.6 Å². The first-order valence-corrected chi connectivity index (χ1v) is 7.37. The predicted molar refractivity (Wildman–Crippen MR) is 84.8 cm³/mol. The van der Waals surface area contributed by atoms with Crippen LogP contribution in [0.15, 0.2) is 45.3 Å². The molecule has 0 saturated carbocycles. The smallest absolute Gasteiger partial charge is 0.193 e. The molecular weight excluding hydrogens is 388 g/mol. The highest BCUT2D eigenvalue weighted by Gasteiger charge is 2.13. The SMILES string of the molecule is COc1cc(C(=O)c2ccc(Br)c(OC)c2)ccc1Br. The molecule has 20 heavy (non-hydrogen) atoms. The van der Waals surface area contributed by atoms with Gasteiger partial charge in [0.05, 0.1) is 23.2 Å². The monoisotopic (exact) mass is 398 g/mol. The Morgan fingerprint density at radius 3 is 1.60 bits per heavy atom. The van der Waals surface area contributed by atoms with Crippen molar-refractivity contribution in [1.82, 2.24) is 0 Å². The Bertz CT molecular complexity index is 598. The summed E-state index contributed by atoms with van der Waals surface area (Å²) in [6, 6.07) is 10.5. The number of benzene rings is 2. The van der Waals surface area contributed by atoms with Gasteiger partial charge in [0.25, 0.3) is 0 Å². The Morgan fingerprint density at radius 1 is 0.850 bits per heavy atom. The molecule has 0 fully saturated rings. The van der Waals surface area contributed by atoms with Crippen molar-refractivity contribution in [2.75, 3.05) is 14.2 Å². The highest BCUT2D eigenvalue weighted by molar-refractivity contribution is 9.10. The van der Waals surface area contributed by atoms with E-state index in [-0.39, 0.29) is 5.78 Å². The van der Waals surface area contributed by atoms with Gasteiger partial charge in [-0.2, -0.15) is 0 Å². The number of carbonyl (C=O) groups excluding carboxylic acids is 1. The summed E-state index contributed by atoms with van der Waals surface area (Å²) < 4.78 is 12.0. The van der Waals surface area contributed by atoms with Gasteiger partial charge in [0.1, 0.15) is 11.5 Å². The minimum atomic E-state index is -0.0819. The van der Waals surface area contributed by atoms with Crippen molar-refractivity contribution in [3.63, 3.8) is 0 Å². The maximum atomic E-state index is 12.5. The number of rotatable bonds is 4. The number of ketones is 1. The molecule has 2 aromatic rings. The fourth-order valence-corrected chi connectivity index (χ4v) is 2.59. The standard InChI is InChI=1S/C15H12Br2O3/c1-19-13-7-9(3-5-11(13)16)15(18)10-4-6-12(17)14(8-10)20-2/h3-8H,1-2H3. The van der Waals surface area contributed by atoms with Crippen molar-refractivity contribution in [1.29, 1.82) is 0 Å². The molecular formula is C15H12Br2O3. The van der Waals surface area contributed by atoms with E-state index in [0.29, 0.717) is 22.6 Å². The number of carbonyl (C=O) groups is 1. The van der Waals surface area contributed by atoms with Gasteiger partial charge in [-0.05, 0) is 68.3 Å². The summed E-state index contributed by atoms with van der Waals surface area (Å²) in [5, 5.41) is 0. The molecule has 0 radical (unpaired) electrons. The second-order valence-electron chi connectivity index (χ2n) is 4.03. The zero-order valence-electron chi connectivity index (χ0n) is 10.9. The number of hydrogen-bond donors (Lipinski definition) is 0. The largest absolute Gasteiger partial charge is 0.496 e. The van der Waals surface area contributed by atoms with Gasteiger partial charge in [-0.1, -0.05) is 0 Å². The molecule has 0 N–H and O–H groups in total. The van der Waals surface area contributed by atoms with Crippen LogP contribution in [0.25, 0.3) is 0 Å². The molecule has 0 aliphatic rings. The highest BCUT2D eigenvalue weighted by atomic mass is 79.9. The normalized spacial score (nSPS) is 10.2. The molecule has 2 rings (SSSR count). The molecule has 0 heterocycles. The van der Waals surface area contributed by atoms with Gasteiger partial charge in [0, 0.05) is 11.1 Å².